The van der Waals surface area contributed by atoms with Gasteiger partial charge in [0.05, 0.1) is 0 Å². The predicted molar refractivity (Wildman–Crippen MR) is 63.1 cm³/mol. The number of hydrogen-bond donors (Lipinski definition) is 1. The molecule has 0 saturated carbocycles. The second kappa shape index (κ2) is 6.09. The Morgan fingerprint density at radius 2 is 2.29 bits per heavy atom. The van der Waals surface area contributed by atoms with Crippen LogP contribution in [0.15, 0.2) is 12.1 Å². The van der Waals surface area contributed by atoms with Crippen LogP contribution in [-0.4, -0.2) is 28.2 Å². The molecule has 0 radical (unpaired) electrons. The van der Waals surface area contributed by atoms with Gasteiger partial charge in [0.2, 0.25) is 0 Å². The Bertz CT molecular complexity index is 265. The van der Waals surface area contributed by atoms with Crippen molar-refractivity contribution in [1.29, 1.82) is 0 Å². The summed E-state index contributed by atoms with van der Waals surface area (Å²) < 4.78 is 0. The lowest BCUT2D eigenvalue weighted by molar-refractivity contribution is 0.765. The third-order valence-corrected chi connectivity index (χ3v) is 2.78. The van der Waals surface area contributed by atoms with Crippen LogP contribution in [0.1, 0.15) is 13.3 Å². The molecule has 1 N–H and O–H groups in total. The summed E-state index contributed by atoms with van der Waals surface area (Å²) in [6.45, 7) is 2.15. The van der Waals surface area contributed by atoms with Crippen LogP contribution in [0.3, 0.4) is 0 Å². The molecule has 0 aliphatic rings. The Hall–Kier alpha value is -0.480. The van der Waals surface area contributed by atoms with Gasteiger partial charge in [0, 0.05) is 11.8 Å². The number of rotatable bonds is 5. The average Bonchev–Trinajstić information content (AvgIpc) is 2.20. The number of thioether (sulfide) groups is 1. The van der Waals surface area contributed by atoms with Crippen LogP contribution in [-0.2, 0) is 0 Å². The number of nitrogens with zero attached hydrogens (tertiary/aromatic N) is 2. The molecule has 0 fully saturated rings. The minimum absolute atomic E-state index is 0.425. The summed E-state index contributed by atoms with van der Waals surface area (Å²) in [6.07, 6.45) is 3.17. The summed E-state index contributed by atoms with van der Waals surface area (Å²) in [4.78, 5) is 0. The molecular formula is C9H14ClN3S. The first-order valence-corrected chi connectivity index (χ1v) is 6.28. The molecule has 1 unspecified atom stereocenters. The third-order valence-electron chi connectivity index (χ3n) is 1.84. The maximum absolute atomic E-state index is 5.64. The van der Waals surface area contributed by atoms with Gasteiger partial charge in [0.15, 0.2) is 5.15 Å². The van der Waals surface area contributed by atoms with E-state index in [9.17, 15) is 0 Å². The summed E-state index contributed by atoms with van der Waals surface area (Å²) in [6, 6.07) is 4.03. The Kier molecular flexibility index (Phi) is 5.04. The van der Waals surface area contributed by atoms with E-state index in [0.717, 1.165) is 18.0 Å². The molecule has 0 aromatic carbocycles. The van der Waals surface area contributed by atoms with Crippen LogP contribution in [0.2, 0.25) is 5.15 Å². The highest BCUT2D eigenvalue weighted by Gasteiger charge is 2.05. The minimum Gasteiger partial charge on any atom is -0.365 e. The first-order chi connectivity index (χ1) is 6.76. The molecule has 1 heterocycles. The van der Waals surface area contributed by atoms with Gasteiger partial charge in [-0.15, -0.1) is 10.2 Å². The molecule has 1 aromatic heterocycles. The summed E-state index contributed by atoms with van der Waals surface area (Å²) in [5.41, 5.74) is 0. The maximum Gasteiger partial charge on any atom is 0.151 e. The summed E-state index contributed by atoms with van der Waals surface area (Å²) in [7, 11) is 0. The molecule has 0 amide bonds. The fraction of sp³-hybridized carbons (Fsp3) is 0.556. The lowest BCUT2D eigenvalue weighted by Crippen LogP contribution is -2.21. The van der Waals surface area contributed by atoms with Crippen molar-refractivity contribution in [3.63, 3.8) is 0 Å². The molecule has 1 rings (SSSR count). The van der Waals surface area contributed by atoms with E-state index in [0.29, 0.717) is 11.2 Å². The van der Waals surface area contributed by atoms with Crippen molar-refractivity contribution in [2.45, 2.75) is 19.4 Å². The fourth-order valence-corrected chi connectivity index (χ4v) is 1.89. The van der Waals surface area contributed by atoms with E-state index in [1.807, 2.05) is 17.8 Å². The van der Waals surface area contributed by atoms with Crippen LogP contribution < -0.4 is 5.32 Å². The second-order valence-corrected chi connectivity index (χ2v) is 4.24. The van der Waals surface area contributed by atoms with E-state index >= 15 is 0 Å². The van der Waals surface area contributed by atoms with Gasteiger partial charge >= 0.3 is 0 Å². The Morgan fingerprint density at radius 1 is 1.50 bits per heavy atom. The molecule has 3 nitrogen and oxygen atoms in total. The molecular weight excluding hydrogens is 218 g/mol. The van der Waals surface area contributed by atoms with E-state index in [1.165, 1.54) is 0 Å². The third kappa shape index (κ3) is 3.72. The average molecular weight is 232 g/mol. The van der Waals surface area contributed by atoms with Crippen molar-refractivity contribution in [3.05, 3.63) is 17.3 Å². The molecule has 5 heteroatoms. The number of aromatic nitrogens is 2. The minimum atomic E-state index is 0.425. The number of hydrogen-bond acceptors (Lipinski definition) is 4. The van der Waals surface area contributed by atoms with Crippen LogP contribution in [0, 0.1) is 0 Å². The molecule has 1 atom stereocenters. The van der Waals surface area contributed by atoms with Crippen LogP contribution in [0.5, 0.6) is 0 Å². The van der Waals surface area contributed by atoms with Gasteiger partial charge in [-0.2, -0.15) is 11.8 Å². The van der Waals surface area contributed by atoms with Crippen LogP contribution in [0.4, 0.5) is 5.82 Å². The van der Waals surface area contributed by atoms with E-state index < -0.39 is 0 Å². The highest BCUT2D eigenvalue weighted by atomic mass is 35.5. The Balaban J connectivity index is 2.53. The largest absolute Gasteiger partial charge is 0.365 e. The van der Waals surface area contributed by atoms with E-state index in [-0.39, 0.29) is 0 Å². The van der Waals surface area contributed by atoms with E-state index in [2.05, 4.69) is 28.7 Å². The monoisotopic (exact) mass is 231 g/mol. The second-order valence-electron chi connectivity index (χ2n) is 2.95. The van der Waals surface area contributed by atoms with Crippen molar-refractivity contribution >= 4 is 29.2 Å². The van der Waals surface area contributed by atoms with Crippen molar-refractivity contribution in [3.8, 4) is 0 Å². The van der Waals surface area contributed by atoms with Gasteiger partial charge in [-0.25, -0.2) is 0 Å². The smallest absolute Gasteiger partial charge is 0.151 e. The lowest BCUT2D eigenvalue weighted by Gasteiger charge is -2.15. The maximum atomic E-state index is 5.64. The van der Waals surface area contributed by atoms with Gasteiger partial charge in [0.25, 0.3) is 0 Å². The molecule has 78 valence electrons. The van der Waals surface area contributed by atoms with Crippen molar-refractivity contribution in [2.24, 2.45) is 0 Å². The molecule has 0 aliphatic carbocycles. The Morgan fingerprint density at radius 3 is 2.79 bits per heavy atom. The molecule has 1 aromatic rings. The van der Waals surface area contributed by atoms with E-state index in [1.54, 1.807) is 6.07 Å². The SMILES string of the molecule is CCC(CSC)Nc1ccc(Cl)nn1. The molecule has 0 bridgehead atoms. The number of anilines is 1. The summed E-state index contributed by atoms with van der Waals surface area (Å²) >= 11 is 7.46. The first kappa shape index (κ1) is 11.6. The van der Waals surface area contributed by atoms with Gasteiger partial charge < -0.3 is 5.32 Å². The zero-order chi connectivity index (χ0) is 10.4. The first-order valence-electron chi connectivity index (χ1n) is 4.51. The molecule has 0 aliphatic heterocycles. The topological polar surface area (TPSA) is 37.8 Å². The van der Waals surface area contributed by atoms with E-state index in [4.69, 9.17) is 11.6 Å². The normalized spacial score (nSPS) is 12.5. The van der Waals surface area contributed by atoms with Gasteiger partial charge in [-0.1, -0.05) is 18.5 Å². The zero-order valence-corrected chi connectivity index (χ0v) is 9.90. The zero-order valence-electron chi connectivity index (χ0n) is 8.33. The van der Waals surface area contributed by atoms with Gasteiger partial charge in [0.1, 0.15) is 5.82 Å². The molecule has 0 spiro atoms. The van der Waals surface area contributed by atoms with Crippen molar-refractivity contribution in [1.82, 2.24) is 10.2 Å². The van der Waals surface area contributed by atoms with Crippen molar-refractivity contribution in [2.75, 3.05) is 17.3 Å². The fourth-order valence-electron chi connectivity index (χ4n) is 1.06. The summed E-state index contributed by atoms with van der Waals surface area (Å²) in [5, 5.41) is 11.4. The summed E-state index contributed by atoms with van der Waals surface area (Å²) in [5.74, 6) is 1.86. The van der Waals surface area contributed by atoms with Gasteiger partial charge in [-0.3, -0.25) is 0 Å². The van der Waals surface area contributed by atoms with Crippen molar-refractivity contribution < 1.29 is 0 Å². The van der Waals surface area contributed by atoms with Crippen LogP contribution in [0.25, 0.3) is 0 Å². The standard InChI is InChI=1S/C9H14ClN3S/c1-3-7(6-14-2)11-9-5-4-8(10)12-13-9/h4-5,7H,3,6H2,1-2H3,(H,11,13). The Labute approximate surface area is 93.6 Å². The number of halogens is 1. The molecule has 0 saturated heterocycles. The van der Waals surface area contributed by atoms with Crippen LogP contribution >= 0.6 is 23.4 Å². The number of nitrogens with one attached hydrogen (secondary N) is 1. The molecule has 14 heavy (non-hydrogen) atoms. The quantitative estimate of drug-likeness (QED) is 0.846. The predicted octanol–water partition coefficient (Wildman–Crippen LogP) is 2.68. The van der Waals surface area contributed by atoms with Gasteiger partial charge in [-0.05, 0) is 24.8 Å². The lowest BCUT2D eigenvalue weighted by atomic mass is 10.2. The highest BCUT2D eigenvalue weighted by molar-refractivity contribution is 7.98. The highest BCUT2D eigenvalue weighted by Crippen LogP contribution is 2.10.